The lowest BCUT2D eigenvalue weighted by molar-refractivity contribution is -0.137. The third kappa shape index (κ3) is 5.67. The molecule has 3 rings (SSSR count). The molecule has 176 valence electrons. The molecule has 0 spiro atoms. The highest BCUT2D eigenvalue weighted by Crippen LogP contribution is 2.35. The molecule has 0 radical (unpaired) electrons. The Morgan fingerprint density at radius 1 is 1.12 bits per heavy atom. The van der Waals surface area contributed by atoms with E-state index in [-0.39, 0.29) is 30.2 Å². The molecule has 33 heavy (non-hydrogen) atoms. The van der Waals surface area contributed by atoms with Crippen LogP contribution < -0.4 is 0 Å². The first-order chi connectivity index (χ1) is 15.5. The Labute approximate surface area is 197 Å². The number of nitrogens with zero attached hydrogens (tertiary/aromatic N) is 4. The average Bonchev–Trinajstić information content (AvgIpc) is 3.41. The van der Waals surface area contributed by atoms with Gasteiger partial charge in [-0.15, -0.1) is 11.3 Å². The molecule has 0 aromatic carbocycles. The number of carbonyl (C=O) groups excluding carboxylic acids is 2. The highest BCUT2D eigenvalue weighted by atomic mass is 35.5. The van der Waals surface area contributed by atoms with Gasteiger partial charge in [-0.1, -0.05) is 25.4 Å². The van der Waals surface area contributed by atoms with E-state index in [1.165, 1.54) is 6.20 Å². The maximum Gasteiger partial charge on any atom is 0.417 e. The third-order valence-corrected chi connectivity index (χ3v) is 6.70. The van der Waals surface area contributed by atoms with Crippen LogP contribution in [0.5, 0.6) is 0 Å². The standard InChI is InChI=1S/C22H22ClF3N4O2S/c1-4-20-28-10-16(30(20)5-2)17(31)6-12(3)21-29-11-19(33-21)18(32)8-13-7-14(22(24,25)26)15(23)9-27-13/h7,9-12H,4-6,8H2,1-3H3/t12-/m0/s1. The molecule has 0 N–H and O–H groups in total. The van der Waals surface area contributed by atoms with Crippen molar-refractivity contribution in [2.75, 3.05) is 0 Å². The van der Waals surface area contributed by atoms with Crippen molar-refractivity contribution in [3.63, 3.8) is 0 Å². The number of ketones is 2. The van der Waals surface area contributed by atoms with Crippen molar-refractivity contribution in [2.24, 2.45) is 0 Å². The summed E-state index contributed by atoms with van der Waals surface area (Å²) < 4.78 is 41.0. The highest BCUT2D eigenvalue weighted by molar-refractivity contribution is 7.13. The molecule has 0 aliphatic heterocycles. The van der Waals surface area contributed by atoms with Crippen LogP contribution in [0.4, 0.5) is 13.2 Å². The van der Waals surface area contributed by atoms with Crippen LogP contribution >= 0.6 is 22.9 Å². The molecule has 0 bridgehead atoms. The number of hydrogen-bond donors (Lipinski definition) is 0. The summed E-state index contributed by atoms with van der Waals surface area (Å²) in [6.07, 6.45) is -0.167. The zero-order valence-corrected chi connectivity index (χ0v) is 19.8. The van der Waals surface area contributed by atoms with Gasteiger partial charge in [-0.2, -0.15) is 13.2 Å². The van der Waals surface area contributed by atoms with Crippen LogP contribution in [-0.2, 0) is 25.6 Å². The molecular weight excluding hydrogens is 477 g/mol. The molecule has 0 saturated carbocycles. The molecule has 0 fully saturated rings. The van der Waals surface area contributed by atoms with Crippen molar-refractivity contribution in [3.8, 4) is 0 Å². The summed E-state index contributed by atoms with van der Waals surface area (Å²) in [5.74, 6) is 0.140. The summed E-state index contributed by atoms with van der Waals surface area (Å²) in [6.45, 7) is 6.41. The number of aromatic nitrogens is 4. The number of hydrogen-bond acceptors (Lipinski definition) is 6. The second kappa shape index (κ2) is 10.1. The molecule has 11 heteroatoms. The van der Waals surface area contributed by atoms with E-state index >= 15 is 0 Å². The van der Waals surface area contributed by atoms with E-state index in [2.05, 4.69) is 15.0 Å². The van der Waals surface area contributed by atoms with Crippen LogP contribution in [0.15, 0.2) is 24.7 Å². The number of imidazole rings is 1. The maximum atomic E-state index is 13.0. The van der Waals surface area contributed by atoms with Gasteiger partial charge in [-0.3, -0.25) is 14.6 Å². The fourth-order valence-corrected chi connectivity index (χ4v) is 4.55. The molecular formula is C22H22ClF3N4O2S. The normalized spacial score (nSPS) is 12.7. The molecule has 1 atom stereocenters. The molecule has 0 aliphatic rings. The van der Waals surface area contributed by atoms with Gasteiger partial charge in [-0.25, -0.2) is 9.97 Å². The van der Waals surface area contributed by atoms with Crippen LogP contribution in [0.25, 0.3) is 0 Å². The van der Waals surface area contributed by atoms with Crippen molar-refractivity contribution in [1.82, 2.24) is 19.5 Å². The lowest BCUT2D eigenvalue weighted by atomic mass is 10.0. The van der Waals surface area contributed by atoms with Gasteiger partial charge in [0.1, 0.15) is 11.5 Å². The number of Topliss-reactive ketones (excluding diaryl/α,β-unsaturated/α-hetero) is 2. The monoisotopic (exact) mass is 498 g/mol. The molecule has 6 nitrogen and oxygen atoms in total. The van der Waals surface area contributed by atoms with Crippen LogP contribution in [0.1, 0.15) is 75.4 Å². The van der Waals surface area contributed by atoms with E-state index in [1.807, 2.05) is 25.3 Å². The Balaban J connectivity index is 1.70. The van der Waals surface area contributed by atoms with Gasteiger partial charge in [0, 0.05) is 43.4 Å². The first-order valence-corrected chi connectivity index (χ1v) is 11.5. The minimum atomic E-state index is -4.64. The Morgan fingerprint density at radius 2 is 1.85 bits per heavy atom. The smallest absolute Gasteiger partial charge is 0.326 e. The maximum absolute atomic E-state index is 13.0. The molecule has 0 aliphatic carbocycles. The Morgan fingerprint density at radius 3 is 2.48 bits per heavy atom. The van der Waals surface area contributed by atoms with E-state index in [9.17, 15) is 22.8 Å². The number of pyridine rings is 1. The van der Waals surface area contributed by atoms with E-state index in [0.29, 0.717) is 22.1 Å². The van der Waals surface area contributed by atoms with Gasteiger partial charge in [0.05, 0.1) is 33.1 Å². The Kier molecular flexibility index (Phi) is 7.69. The number of alkyl halides is 3. The zero-order chi connectivity index (χ0) is 24.3. The largest absolute Gasteiger partial charge is 0.417 e. The van der Waals surface area contributed by atoms with Gasteiger partial charge in [0.25, 0.3) is 0 Å². The number of carbonyl (C=O) groups is 2. The zero-order valence-electron chi connectivity index (χ0n) is 18.2. The average molecular weight is 499 g/mol. The van der Waals surface area contributed by atoms with Gasteiger partial charge in [0.2, 0.25) is 0 Å². The van der Waals surface area contributed by atoms with E-state index in [0.717, 1.165) is 35.8 Å². The topological polar surface area (TPSA) is 77.7 Å². The predicted molar refractivity (Wildman–Crippen MR) is 119 cm³/mol. The summed E-state index contributed by atoms with van der Waals surface area (Å²) >= 11 is 6.71. The summed E-state index contributed by atoms with van der Waals surface area (Å²) in [5, 5.41) is 0.0813. The fraction of sp³-hybridized carbons (Fsp3) is 0.409. The molecule has 3 heterocycles. The van der Waals surface area contributed by atoms with Crippen molar-refractivity contribution in [3.05, 3.63) is 62.3 Å². The van der Waals surface area contributed by atoms with Crippen LogP contribution in [0, 0.1) is 0 Å². The third-order valence-electron chi connectivity index (χ3n) is 5.13. The lowest BCUT2D eigenvalue weighted by Gasteiger charge is -2.10. The van der Waals surface area contributed by atoms with Gasteiger partial charge >= 0.3 is 6.18 Å². The van der Waals surface area contributed by atoms with Crippen LogP contribution in [0.3, 0.4) is 0 Å². The summed E-state index contributed by atoms with van der Waals surface area (Å²) in [6, 6.07) is 0.783. The first-order valence-electron chi connectivity index (χ1n) is 10.3. The fourth-order valence-electron chi connectivity index (χ4n) is 3.43. The molecule has 3 aromatic heterocycles. The van der Waals surface area contributed by atoms with Gasteiger partial charge in [0.15, 0.2) is 11.6 Å². The highest BCUT2D eigenvalue weighted by Gasteiger charge is 2.34. The molecule has 0 amide bonds. The quantitative estimate of drug-likeness (QED) is 0.349. The van der Waals surface area contributed by atoms with E-state index in [1.54, 1.807) is 6.20 Å². The second-order valence-corrected chi connectivity index (χ2v) is 8.97. The lowest BCUT2D eigenvalue weighted by Crippen LogP contribution is -2.12. The first kappa shape index (κ1) is 25.0. The minimum Gasteiger partial charge on any atom is -0.326 e. The van der Waals surface area contributed by atoms with Crippen molar-refractivity contribution in [2.45, 2.75) is 58.7 Å². The van der Waals surface area contributed by atoms with Gasteiger partial charge < -0.3 is 4.57 Å². The Bertz CT molecular complexity index is 1170. The molecule has 0 saturated heterocycles. The van der Waals surface area contributed by atoms with Crippen molar-refractivity contribution in [1.29, 1.82) is 0 Å². The van der Waals surface area contributed by atoms with Crippen molar-refractivity contribution < 1.29 is 22.8 Å². The summed E-state index contributed by atoms with van der Waals surface area (Å²) in [4.78, 5) is 38.1. The van der Waals surface area contributed by atoms with Crippen molar-refractivity contribution >= 4 is 34.5 Å². The number of halogens is 4. The molecule has 3 aromatic rings. The second-order valence-electron chi connectivity index (χ2n) is 7.50. The Hall–Kier alpha value is -2.59. The summed E-state index contributed by atoms with van der Waals surface area (Å²) in [7, 11) is 0. The van der Waals surface area contributed by atoms with Gasteiger partial charge in [-0.05, 0) is 13.0 Å². The number of rotatable bonds is 9. The predicted octanol–water partition coefficient (Wildman–Crippen LogP) is 5.79. The number of thiazole rings is 1. The number of aryl methyl sites for hydroxylation is 1. The summed E-state index contributed by atoms with van der Waals surface area (Å²) in [5.41, 5.74) is -0.519. The van der Waals surface area contributed by atoms with Crippen LogP contribution in [-0.4, -0.2) is 31.1 Å². The van der Waals surface area contributed by atoms with E-state index in [4.69, 9.17) is 11.6 Å². The SMILES string of the molecule is CCc1ncc(C(=O)C[C@H](C)c2ncc(C(=O)Cc3cc(C(F)(F)F)c(Cl)cn3)s2)n1CC. The van der Waals surface area contributed by atoms with Crippen LogP contribution in [0.2, 0.25) is 5.02 Å². The van der Waals surface area contributed by atoms with E-state index < -0.39 is 22.5 Å². The minimum absolute atomic E-state index is 0.0329. The molecule has 0 unspecified atom stereocenters.